The molecular formula is C17H15F4N3O3S. The van der Waals surface area contributed by atoms with Crippen LogP contribution in [0.15, 0.2) is 42.6 Å². The first kappa shape index (κ1) is 21.4. The number of aromatic nitrogens is 1. The lowest BCUT2D eigenvalue weighted by Crippen LogP contribution is -2.20. The lowest BCUT2D eigenvalue weighted by atomic mass is 10.2. The quantitative estimate of drug-likeness (QED) is 0.559. The first-order valence-corrected chi connectivity index (χ1v) is 9.58. The van der Waals surface area contributed by atoms with Crippen LogP contribution in [0.3, 0.4) is 0 Å². The van der Waals surface area contributed by atoms with E-state index >= 15 is 0 Å². The van der Waals surface area contributed by atoms with E-state index in [1.807, 2.05) is 4.72 Å². The summed E-state index contributed by atoms with van der Waals surface area (Å²) in [5.41, 5.74) is -0.572. The second-order valence-corrected chi connectivity index (χ2v) is 7.46. The lowest BCUT2D eigenvalue weighted by Gasteiger charge is -2.08. The molecule has 11 heteroatoms. The van der Waals surface area contributed by atoms with Gasteiger partial charge in [0.1, 0.15) is 11.5 Å². The number of hydrogen-bond donors (Lipinski definition) is 2. The number of nitrogens with one attached hydrogen (secondary N) is 2. The Balaban J connectivity index is 1.93. The number of carbonyl (C=O) groups is 1. The normalized spacial score (nSPS) is 12.2. The van der Waals surface area contributed by atoms with E-state index in [1.54, 1.807) is 0 Å². The van der Waals surface area contributed by atoms with Crippen LogP contribution in [0.2, 0.25) is 0 Å². The van der Waals surface area contributed by atoms with Crippen LogP contribution < -0.4 is 10.0 Å². The van der Waals surface area contributed by atoms with Crippen LogP contribution in [0.1, 0.15) is 16.8 Å². The van der Waals surface area contributed by atoms with Gasteiger partial charge in [-0.15, -0.1) is 0 Å². The van der Waals surface area contributed by atoms with Crippen molar-refractivity contribution in [1.82, 2.24) is 10.3 Å². The summed E-state index contributed by atoms with van der Waals surface area (Å²) in [6.07, 6.45) is -0.293. The van der Waals surface area contributed by atoms with Crippen molar-refractivity contribution in [2.24, 2.45) is 0 Å². The third kappa shape index (κ3) is 6.65. The molecule has 1 aromatic carbocycles. The van der Waals surface area contributed by atoms with E-state index in [9.17, 15) is 30.8 Å². The number of hydrogen-bond acceptors (Lipinski definition) is 4. The Morgan fingerprint density at radius 2 is 1.93 bits per heavy atom. The molecule has 1 amide bonds. The minimum Gasteiger partial charge on any atom is -0.348 e. The van der Waals surface area contributed by atoms with Gasteiger partial charge in [0.05, 0.1) is 11.9 Å². The standard InChI is InChI=1S/C17H15F4N3O3S/c1-28(26,27)24-14-5-2-12(8-13(14)18)10-23-16(25)7-4-11-3-6-15(22-9-11)17(19,20)21/h2-9,24H,10H2,1H3,(H,23,25). The molecule has 2 N–H and O–H groups in total. The number of amides is 1. The zero-order valence-electron chi connectivity index (χ0n) is 14.4. The van der Waals surface area contributed by atoms with E-state index in [4.69, 9.17) is 0 Å². The fraction of sp³-hybridized carbons (Fsp3) is 0.176. The molecule has 0 radical (unpaired) electrons. The number of rotatable bonds is 6. The van der Waals surface area contributed by atoms with Crippen LogP contribution in [0.25, 0.3) is 6.08 Å². The molecule has 6 nitrogen and oxygen atoms in total. The first-order valence-electron chi connectivity index (χ1n) is 7.69. The molecule has 1 heterocycles. The molecule has 0 bridgehead atoms. The Morgan fingerprint density at radius 1 is 1.21 bits per heavy atom. The molecule has 28 heavy (non-hydrogen) atoms. The number of sulfonamides is 1. The summed E-state index contributed by atoms with van der Waals surface area (Å²) in [6.45, 7) is -0.0372. The van der Waals surface area contributed by atoms with Crippen molar-refractivity contribution in [1.29, 1.82) is 0 Å². The number of benzene rings is 1. The van der Waals surface area contributed by atoms with Crippen molar-refractivity contribution >= 4 is 27.7 Å². The molecule has 0 fully saturated rings. The van der Waals surface area contributed by atoms with E-state index < -0.39 is 33.6 Å². The van der Waals surface area contributed by atoms with E-state index in [-0.39, 0.29) is 12.2 Å². The largest absolute Gasteiger partial charge is 0.433 e. The first-order chi connectivity index (χ1) is 12.9. The SMILES string of the molecule is CS(=O)(=O)Nc1ccc(CNC(=O)C=Cc2ccc(C(F)(F)F)nc2)cc1F. The van der Waals surface area contributed by atoms with Crippen molar-refractivity contribution in [3.05, 3.63) is 65.2 Å². The van der Waals surface area contributed by atoms with Gasteiger partial charge in [0.15, 0.2) is 0 Å². The zero-order chi connectivity index (χ0) is 20.9. The average Bonchev–Trinajstić information content (AvgIpc) is 2.59. The van der Waals surface area contributed by atoms with Crippen LogP contribution in [0.4, 0.5) is 23.2 Å². The maximum absolute atomic E-state index is 13.9. The van der Waals surface area contributed by atoms with E-state index in [1.165, 1.54) is 24.3 Å². The van der Waals surface area contributed by atoms with E-state index in [0.717, 1.165) is 30.7 Å². The third-order valence-corrected chi connectivity index (χ3v) is 3.89. The molecule has 2 aromatic rings. The zero-order valence-corrected chi connectivity index (χ0v) is 15.2. The van der Waals surface area contributed by atoms with Crippen LogP contribution in [-0.2, 0) is 27.5 Å². The molecule has 0 unspecified atom stereocenters. The summed E-state index contributed by atoms with van der Waals surface area (Å²) >= 11 is 0. The Kier molecular flexibility index (Phi) is 6.39. The highest BCUT2D eigenvalue weighted by molar-refractivity contribution is 7.92. The topological polar surface area (TPSA) is 88.2 Å². The van der Waals surface area contributed by atoms with Crippen LogP contribution >= 0.6 is 0 Å². The van der Waals surface area contributed by atoms with Crippen molar-refractivity contribution < 1.29 is 30.8 Å². The van der Waals surface area contributed by atoms with Crippen LogP contribution in [0, 0.1) is 5.82 Å². The van der Waals surface area contributed by atoms with Crippen molar-refractivity contribution in [3.63, 3.8) is 0 Å². The van der Waals surface area contributed by atoms with E-state index in [0.29, 0.717) is 11.1 Å². The van der Waals surface area contributed by atoms with Gasteiger partial charge < -0.3 is 5.32 Å². The van der Waals surface area contributed by atoms with E-state index in [2.05, 4.69) is 10.3 Å². The number of anilines is 1. The molecule has 0 aliphatic carbocycles. The Hall–Kier alpha value is -2.95. The molecule has 1 aromatic heterocycles. The smallest absolute Gasteiger partial charge is 0.348 e. The van der Waals surface area contributed by atoms with Gasteiger partial charge in [-0.1, -0.05) is 12.1 Å². The molecular weight excluding hydrogens is 402 g/mol. The van der Waals surface area contributed by atoms with Gasteiger partial charge in [-0.2, -0.15) is 13.2 Å². The van der Waals surface area contributed by atoms with Crippen molar-refractivity contribution in [2.45, 2.75) is 12.7 Å². The third-order valence-electron chi connectivity index (χ3n) is 3.30. The van der Waals surface area contributed by atoms with Gasteiger partial charge in [0.25, 0.3) is 0 Å². The summed E-state index contributed by atoms with van der Waals surface area (Å²) in [5.74, 6) is -1.36. The van der Waals surface area contributed by atoms with Gasteiger partial charge in [0, 0.05) is 18.8 Å². The Labute approximate surface area is 158 Å². The van der Waals surface area contributed by atoms with Gasteiger partial charge in [-0.3, -0.25) is 14.5 Å². The molecule has 0 saturated heterocycles. The predicted octanol–water partition coefficient (Wildman–Crippen LogP) is 2.94. The number of pyridine rings is 1. The average molecular weight is 417 g/mol. The monoisotopic (exact) mass is 417 g/mol. The number of halogens is 4. The Morgan fingerprint density at radius 3 is 2.46 bits per heavy atom. The molecule has 0 aliphatic rings. The number of alkyl halides is 3. The van der Waals surface area contributed by atoms with Gasteiger partial charge in [-0.05, 0) is 35.4 Å². The van der Waals surface area contributed by atoms with Crippen LogP contribution in [-0.4, -0.2) is 25.6 Å². The second kappa shape index (κ2) is 8.38. The molecule has 0 atom stereocenters. The minimum absolute atomic E-state index is 0.0372. The number of nitrogens with zero attached hydrogens (tertiary/aromatic N) is 1. The lowest BCUT2D eigenvalue weighted by molar-refractivity contribution is -0.141. The molecule has 0 saturated carbocycles. The van der Waals surface area contributed by atoms with Crippen LogP contribution in [0.5, 0.6) is 0 Å². The minimum atomic E-state index is -4.54. The summed E-state index contributed by atoms with van der Waals surface area (Å²) in [5, 5.41) is 2.47. The number of carbonyl (C=O) groups excluding carboxylic acids is 1. The highest BCUT2D eigenvalue weighted by atomic mass is 32.2. The van der Waals surface area contributed by atoms with Crippen molar-refractivity contribution in [3.8, 4) is 0 Å². The maximum atomic E-state index is 13.9. The highest BCUT2D eigenvalue weighted by Gasteiger charge is 2.31. The maximum Gasteiger partial charge on any atom is 0.433 e. The molecule has 2 rings (SSSR count). The summed E-state index contributed by atoms with van der Waals surface area (Å²) in [7, 11) is -3.62. The molecule has 0 aliphatic heterocycles. The summed E-state index contributed by atoms with van der Waals surface area (Å²) in [6, 6.07) is 5.69. The van der Waals surface area contributed by atoms with Gasteiger partial charge in [-0.25, -0.2) is 12.8 Å². The fourth-order valence-corrected chi connectivity index (χ4v) is 2.61. The van der Waals surface area contributed by atoms with Gasteiger partial charge in [0.2, 0.25) is 15.9 Å². The second-order valence-electron chi connectivity index (χ2n) is 5.71. The van der Waals surface area contributed by atoms with Gasteiger partial charge >= 0.3 is 6.18 Å². The summed E-state index contributed by atoms with van der Waals surface area (Å²) in [4.78, 5) is 15.0. The van der Waals surface area contributed by atoms with Crippen molar-refractivity contribution in [2.75, 3.05) is 11.0 Å². The fourth-order valence-electron chi connectivity index (χ4n) is 2.04. The highest BCUT2D eigenvalue weighted by Crippen LogP contribution is 2.27. The predicted molar refractivity (Wildman–Crippen MR) is 95.0 cm³/mol. The summed E-state index contributed by atoms with van der Waals surface area (Å²) < 4.78 is 75.4. The Bertz CT molecular complexity index is 988. The molecule has 150 valence electrons. The molecule has 0 spiro atoms.